The molecule has 0 saturated heterocycles. The van der Waals surface area contributed by atoms with Gasteiger partial charge < -0.3 is 11.1 Å². The maximum absolute atomic E-state index is 5.73. The molecule has 0 unspecified atom stereocenters. The monoisotopic (exact) mass is 250 g/mol. The minimum Gasteiger partial charge on any atom is -0.389 e. The molecule has 17 heavy (non-hydrogen) atoms. The largest absolute Gasteiger partial charge is 0.389 e. The maximum Gasteiger partial charge on any atom is 0.106 e. The summed E-state index contributed by atoms with van der Waals surface area (Å²) in [7, 11) is 0. The van der Waals surface area contributed by atoms with Crippen LogP contribution in [0.5, 0.6) is 0 Å². The smallest absolute Gasteiger partial charge is 0.106 e. The normalized spacial score (nSPS) is 10.2. The standard InChI is InChI=1S/C14H22N2S/c1-3-4-5-6-9-16-13-8-7-11(2)10-12(13)14(15)17/h7-8,10,16H,3-6,9H2,1-2H3,(H2,15,17). The lowest BCUT2D eigenvalue weighted by Crippen LogP contribution is -2.14. The van der Waals surface area contributed by atoms with Crippen LogP contribution in [0, 0.1) is 6.92 Å². The van der Waals surface area contributed by atoms with Crippen molar-refractivity contribution in [1.29, 1.82) is 0 Å². The van der Waals surface area contributed by atoms with Crippen molar-refractivity contribution >= 4 is 22.9 Å². The number of rotatable bonds is 7. The van der Waals surface area contributed by atoms with Gasteiger partial charge in [0.1, 0.15) is 4.99 Å². The van der Waals surface area contributed by atoms with Crippen LogP contribution in [0.25, 0.3) is 0 Å². The van der Waals surface area contributed by atoms with Gasteiger partial charge in [-0.1, -0.05) is 50.0 Å². The summed E-state index contributed by atoms with van der Waals surface area (Å²) in [4.78, 5) is 0.463. The molecule has 0 heterocycles. The Morgan fingerprint density at radius 1 is 1.29 bits per heavy atom. The minimum atomic E-state index is 0.463. The highest BCUT2D eigenvalue weighted by Gasteiger charge is 2.04. The molecule has 0 aliphatic rings. The molecule has 0 aromatic heterocycles. The summed E-state index contributed by atoms with van der Waals surface area (Å²) >= 11 is 5.07. The van der Waals surface area contributed by atoms with Gasteiger partial charge in [-0.25, -0.2) is 0 Å². The van der Waals surface area contributed by atoms with Crippen molar-refractivity contribution in [3.63, 3.8) is 0 Å². The van der Waals surface area contributed by atoms with Crippen LogP contribution in [0.4, 0.5) is 5.69 Å². The van der Waals surface area contributed by atoms with Gasteiger partial charge in [0.2, 0.25) is 0 Å². The lowest BCUT2D eigenvalue weighted by Gasteiger charge is -2.11. The van der Waals surface area contributed by atoms with E-state index in [2.05, 4.69) is 24.4 Å². The predicted molar refractivity (Wildman–Crippen MR) is 79.7 cm³/mol. The molecule has 0 aliphatic heterocycles. The molecule has 1 aromatic rings. The fraction of sp³-hybridized carbons (Fsp3) is 0.500. The molecule has 0 saturated carbocycles. The van der Waals surface area contributed by atoms with Crippen LogP contribution in [0.1, 0.15) is 43.7 Å². The van der Waals surface area contributed by atoms with Gasteiger partial charge in [0, 0.05) is 17.8 Å². The van der Waals surface area contributed by atoms with Crippen molar-refractivity contribution in [2.75, 3.05) is 11.9 Å². The molecule has 3 N–H and O–H groups in total. The Bertz CT molecular complexity index is 374. The quantitative estimate of drug-likeness (QED) is 0.573. The summed E-state index contributed by atoms with van der Waals surface area (Å²) in [5.41, 5.74) is 8.92. The highest BCUT2D eigenvalue weighted by molar-refractivity contribution is 7.80. The third-order valence-electron chi connectivity index (χ3n) is 2.79. The highest BCUT2D eigenvalue weighted by Crippen LogP contribution is 2.17. The fourth-order valence-electron chi connectivity index (χ4n) is 1.79. The summed E-state index contributed by atoms with van der Waals surface area (Å²) < 4.78 is 0. The van der Waals surface area contributed by atoms with E-state index >= 15 is 0 Å². The average molecular weight is 250 g/mol. The predicted octanol–water partition coefficient (Wildman–Crippen LogP) is 3.62. The van der Waals surface area contributed by atoms with E-state index in [0.717, 1.165) is 17.8 Å². The lowest BCUT2D eigenvalue weighted by atomic mass is 10.1. The van der Waals surface area contributed by atoms with E-state index in [0.29, 0.717) is 4.99 Å². The minimum absolute atomic E-state index is 0.463. The number of benzene rings is 1. The Morgan fingerprint density at radius 3 is 2.71 bits per heavy atom. The summed E-state index contributed by atoms with van der Waals surface area (Å²) in [6.45, 7) is 5.25. The van der Waals surface area contributed by atoms with E-state index in [9.17, 15) is 0 Å². The van der Waals surface area contributed by atoms with Crippen LogP contribution >= 0.6 is 12.2 Å². The van der Waals surface area contributed by atoms with E-state index in [-0.39, 0.29) is 0 Å². The van der Waals surface area contributed by atoms with Gasteiger partial charge in [-0.05, 0) is 25.5 Å². The zero-order valence-electron chi connectivity index (χ0n) is 10.8. The zero-order chi connectivity index (χ0) is 12.7. The number of nitrogens with two attached hydrogens (primary N) is 1. The average Bonchev–Trinajstić information content (AvgIpc) is 2.30. The van der Waals surface area contributed by atoms with Crippen LogP contribution in [0.3, 0.4) is 0 Å². The van der Waals surface area contributed by atoms with Gasteiger partial charge >= 0.3 is 0 Å². The Hall–Kier alpha value is -1.09. The summed E-state index contributed by atoms with van der Waals surface area (Å²) in [5.74, 6) is 0. The zero-order valence-corrected chi connectivity index (χ0v) is 11.6. The summed E-state index contributed by atoms with van der Waals surface area (Å²) in [5, 5.41) is 3.41. The Balaban J connectivity index is 2.55. The first-order valence-electron chi connectivity index (χ1n) is 6.29. The third-order valence-corrected chi connectivity index (χ3v) is 3.01. The number of unbranched alkanes of at least 4 members (excludes halogenated alkanes) is 3. The SMILES string of the molecule is CCCCCCNc1ccc(C)cc1C(N)=S. The van der Waals surface area contributed by atoms with E-state index in [1.165, 1.54) is 31.2 Å². The lowest BCUT2D eigenvalue weighted by molar-refractivity contribution is 0.685. The van der Waals surface area contributed by atoms with Crippen molar-refractivity contribution < 1.29 is 0 Å². The van der Waals surface area contributed by atoms with Crippen molar-refractivity contribution in [3.05, 3.63) is 29.3 Å². The van der Waals surface area contributed by atoms with Gasteiger partial charge in [-0.2, -0.15) is 0 Å². The summed E-state index contributed by atoms with van der Waals surface area (Å²) in [6.07, 6.45) is 5.04. The second-order valence-electron chi connectivity index (χ2n) is 4.40. The van der Waals surface area contributed by atoms with E-state index < -0.39 is 0 Å². The van der Waals surface area contributed by atoms with Crippen LogP contribution in [0.2, 0.25) is 0 Å². The molecule has 94 valence electrons. The van der Waals surface area contributed by atoms with E-state index in [4.69, 9.17) is 18.0 Å². The van der Waals surface area contributed by atoms with Crippen molar-refractivity contribution in [2.24, 2.45) is 5.73 Å². The van der Waals surface area contributed by atoms with Gasteiger partial charge in [0.05, 0.1) is 0 Å². The fourth-order valence-corrected chi connectivity index (χ4v) is 1.96. The van der Waals surface area contributed by atoms with Crippen LogP contribution in [-0.4, -0.2) is 11.5 Å². The molecule has 0 amide bonds. The van der Waals surface area contributed by atoms with E-state index in [1.54, 1.807) is 0 Å². The van der Waals surface area contributed by atoms with Gasteiger partial charge in [-0.3, -0.25) is 0 Å². The molecule has 0 fully saturated rings. The molecular weight excluding hydrogens is 228 g/mol. The van der Waals surface area contributed by atoms with Crippen molar-refractivity contribution in [1.82, 2.24) is 0 Å². The van der Waals surface area contributed by atoms with Gasteiger partial charge in [0.25, 0.3) is 0 Å². The Morgan fingerprint density at radius 2 is 2.06 bits per heavy atom. The van der Waals surface area contributed by atoms with Crippen molar-refractivity contribution in [3.8, 4) is 0 Å². The molecule has 0 bridgehead atoms. The second-order valence-corrected chi connectivity index (χ2v) is 4.84. The first-order chi connectivity index (χ1) is 8.15. The molecule has 3 heteroatoms. The first kappa shape index (κ1) is 14.0. The first-order valence-corrected chi connectivity index (χ1v) is 6.70. The van der Waals surface area contributed by atoms with Crippen LogP contribution < -0.4 is 11.1 Å². The third kappa shape index (κ3) is 4.73. The molecule has 1 rings (SSSR count). The number of nitrogens with one attached hydrogen (secondary N) is 1. The molecule has 0 radical (unpaired) electrons. The number of thiocarbonyl (C=S) groups is 1. The van der Waals surface area contributed by atoms with Crippen LogP contribution in [-0.2, 0) is 0 Å². The molecule has 0 aliphatic carbocycles. The Labute approximate surface area is 110 Å². The number of aryl methyl sites for hydroxylation is 1. The number of hydrogen-bond donors (Lipinski definition) is 2. The van der Waals surface area contributed by atoms with E-state index in [1.807, 2.05) is 13.0 Å². The molecular formula is C14H22N2S. The van der Waals surface area contributed by atoms with Crippen molar-refractivity contribution in [2.45, 2.75) is 39.5 Å². The maximum atomic E-state index is 5.73. The topological polar surface area (TPSA) is 38.0 Å². The molecule has 0 spiro atoms. The molecule has 1 aromatic carbocycles. The van der Waals surface area contributed by atoms with Gasteiger partial charge in [-0.15, -0.1) is 0 Å². The highest BCUT2D eigenvalue weighted by atomic mass is 32.1. The molecule has 2 nitrogen and oxygen atoms in total. The number of anilines is 1. The van der Waals surface area contributed by atoms with Crippen LogP contribution in [0.15, 0.2) is 18.2 Å². The van der Waals surface area contributed by atoms with Gasteiger partial charge in [0.15, 0.2) is 0 Å². The number of hydrogen-bond acceptors (Lipinski definition) is 2. The second kappa shape index (κ2) is 7.28. The Kier molecular flexibility index (Phi) is 5.98. The summed E-state index contributed by atoms with van der Waals surface area (Å²) in [6, 6.07) is 6.18. The molecule has 0 atom stereocenters.